The third kappa shape index (κ3) is 13.3. The molecule has 6 heterocycles. The second-order valence-corrected chi connectivity index (χ2v) is 31.2. The van der Waals surface area contributed by atoms with Gasteiger partial charge in [-0.05, 0) is 188 Å². The van der Waals surface area contributed by atoms with Gasteiger partial charge in [-0.1, -0.05) is 249 Å². The monoisotopic (exact) mass is 1630 g/mol. The molecule has 0 bridgehead atoms. The summed E-state index contributed by atoms with van der Waals surface area (Å²) in [6.07, 6.45) is 3.86. The SMILES string of the molecule is [C-]#[N+]c1ccc(-c2ccc3c(c2)c2ccccc2n3-c2cc(-c3ccccc3[N+]#[C-])c(-n3c4ccccc4c4cc(-c5ccc(C#N)cc5)ccc43)cn2)cc1.[C-]#[N+]c1ccc(-c2ccc3c4ccc(-c5ccc(C#N)cc5)cc4n(-c4cc(-c5ccccc5C#N)c(-n5c6cc(-c7ccc(C#N)cc7)ccc6c6ccc(-c7ccc([N+]#[C-])cc7)cc65)cn4)c3c2)cc1. The van der Waals surface area contributed by atoms with E-state index in [9.17, 15) is 21.0 Å². The van der Waals surface area contributed by atoms with Crippen molar-refractivity contribution in [3.63, 3.8) is 0 Å². The Hall–Kier alpha value is -19.1. The molecule has 0 aliphatic heterocycles. The molecule has 0 amide bonds. The molecule has 0 atom stereocenters. The van der Waals surface area contributed by atoms with Crippen LogP contribution in [0.25, 0.3) is 219 Å². The molecule has 0 unspecified atom stereocenters. The smallest absolute Gasteiger partial charge is 0.194 e. The highest BCUT2D eigenvalue weighted by molar-refractivity contribution is 6.16. The van der Waals surface area contributed by atoms with Crippen LogP contribution in [0.3, 0.4) is 0 Å². The lowest BCUT2D eigenvalue weighted by atomic mass is 9.99. The number of hydrogen-bond acceptors (Lipinski definition) is 6. The van der Waals surface area contributed by atoms with Crippen LogP contribution in [-0.2, 0) is 0 Å². The van der Waals surface area contributed by atoms with Gasteiger partial charge in [-0.25, -0.2) is 29.3 Å². The Balaban J connectivity index is 0.000000160. The van der Waals surface area contributed by atoms with Crippen molar-refractivity contribution in [3.05, 3.63) is 444 Å². The Bertz CT molecular complexity index is 8520. The van der Waals surface area contributed by atoms with Crippen LogP contribution in [0.4, 0.5) is 22.7 Å². The Morgan fingerprint density at radius 3 is 0.898 bits per heavy atom. The molecule has 0 aliphatic rings. The molecule has 588 valence electrons. The average molecular weight is 1630 g/mol. The van der Waals surface area contributed by atoms with Crippen LogP contribution < -0.4 is 0 Å². The van der Waals surface area contributed by atoms with E-state index < -0.39 is 0 Å². The van der Waals surface area contributed by atoms with Gasteiger partial charge in [-0.2, -0.15) is 21.0 Å². The van der Waals surface area contributed by atoms with Crippen molar-refractivity contribution in [2.75, 3.05) is 0 Å². The van der Waals surface area contributed by atoms with Crippen molar-refractivity contribution in [3.8, 4) is 136 Å². The van der Waals surface area contributed by atoms with Gasteiger partial charge in [0.15, 0.2) is 22.7 Å². The maximum Gasteiger partial charge on any atom is 0.194 e. The lowest BCUT2D eigenvalue weighted by Crippen LogP contribution is -2.04. The number of aromatic nitrogens is 6. The summed E-state index contributed by atoms with van der Waals surface area (Å²) < 4.78 is 8.91. The first-order valence-corrected chi connectivity index (χ1v) is 41.2. The van der Waals surface area contributed by atoms with Gasteiger partial charge in [0.1, 0.15) is 11.6 Å². The number of nitrogens with zero attached hydrogens (tertiary/aromatic N) is 14. The zero-order valence-corrected chi connectivity index (χ0v) is 68.1. The molecular weight excluding hydrogens is 1570 g/mol. The van der Waals surface area contributed by atoms with Gasteiger partial charge < -0.3 is 9.13 Å². The van der Waals surface area contributed by atoms with Gasteiger partial charge in [0.25, 0.3) is 0 Å². The minimum atomic E-state index is 0.506. The van der Waals surface area contributed by atoms with Crippen molar-refractivity contribution in [1.29, 1.82) is 21.0 Å². The zero-order chi connectivity index (χ0) is 86.6. The molecule has 6 aromatic heterocycles. The number of para-hydroxylation sites is 3. The van der Waals surface area contributed by atoms with Crippen LogP contribution in [-0.4, -0.2) is 28.2 Å². The molecule has 0 saturated carbocycles. The van der Waals surface area contributed by atoms with Crippen molar-refractivity contribution in [2.24, 2.45) is 0 Å². The second-order valence-electron chi connectivity index (χ2n) is 31.2. The van der Waals surface area contributed by atoms with Crippen molar-refractivity contribution >= 4 is 110 Å². The summed E-state index contributed by atoms with van der Waals surface area (Å²) in [5, 5.41) is 47.8. The van der Waals surface area contributed by atoms with Gasteiger partial charge >= 0.3 is 0 Å². The van der Waals surface area contributed by atoms with E-state index in [4.69, 9.17) is 36.3 Å². The minimum Gasteiger partial charge on any atom is -0.307 e. The number of nitriles is 4. The van der Waals surface area contributed by atoms with Crippen molar-refractivity contribution in [1.82, 2.24) is 28.2 Å². The van der Waals surface area contributed by atoms with Gasteiger partial charge in [0, 0.05) is 59.8 Å². The molecule has 128 heavy (non-hydrogen) atoms. The van der Waals surface area contributed by atoms with Crippen LogP contribution >= 0.6 is 0 Å². The summed E-state index contributed by atoms with van der Waals surface area (Å²) in [5.74, 6) is 1.38. The number of pyridine rings is 2. The molecule has 16 aromatic carbocycles. The third-order valence-electron chi connectivity index (χ3n) is 24.2. The summed E-state index contributed by atoms with van der Waals surface area (Å²) in [4.78, 5) is 25.4. The van der Waals surface area contributed by atoms with E-state index in [1.165, 1.54) is 0 Å². The lowest BCUT2D eigenvalue weighted by molar-refractivity contribution is 1.06. The number of rotatable bonds is 12. The molecule has 0 N–H and O–H groups in total. The topological polar surface area (TPSA) is 158 Å². The highest BCUT2D eigenvalue weighted by atomic mass is 15.1. The van der Waals surface area contributed by atoms with E-state index in [1.54, 1.807) is 0 Å². The van der Waals surface area contributed by atoms with E-state index in [0.29, 0.717) is 50.8 Å². The maximum absolute atomic E-state index is 10.8. The van der Waals surface area contributed by atoms with Gasteiger partial charge in [-0.15, -0.1) is 0 Å². The molecule has 0 radical (unpaired) electrons. The summed E-state index contributed by atoms with van der Waals surface area (Å²) in [6, 6.07) is 130. The van der Waals surface area contributed by atoms with Crippen molar-refractivity contribution in [2.45, 2.75) is 0 Å². The molecule has 14 nitrogen and oxygen atoms in total. The summed E-state index contributed by atoms with van der Waals surface area (Å²) in [6.45, 7) is 30.6. The summed E-state index contributed by atoms with van der Waals surface area (Å²) >= 11 is 0. The predicted molar refractivity (Wildman–Crippen MR) is 513 cm³/mol. The van der Waals surface area contributed by atoms with E-state index in [0.717, 1.165) is 193 Å². The van der Waals surface area contributed by atoms with Crippen LogP contribution in [0.5, 0.6) is 0 Å². The molecule has 0 fully saturated rings. The fourth-order valence-electron chi connectivity index (χ4n) is 18.0. The first-order chi connectivity index (χ1) is 63.1. The fourth-order valence-corrected chi connectivity index (χ4v) is 18.0. The molecule has 0 spiro atoms. The Morgan fingerprint density at radius 1 is 0.219 bits per heavy atom. The lowest BCUT2D eigenvalue weighted by Gasteiger charge is -2.18. The van der Waals surface area contributed by atoms with Crippen molar-refractivity contribution < 1.29 is 0 Å². The molecule has 0 aliphatic carbocycles. The molecular formula is C114H62N14. The van der Waals surface area contributed by atoms with E-state index in [1.807, 2.05) is 207 Å². The largest absolute Gasteiger partial charge is 0.307 e. The maximum atomic E-state index is 10.8. The Kier molecular flexibility index (Phi) is 19.0. The number of hydrogen-bond donors (Lipinski definition) is 0. The van der Waals surface area contributed by atoms with Gasteiger partial charge in [0.2, 0.25) is 0 Å². The van der Waals surface area contributed by atoms with Gasteiger partial charge in [0.05, 0.1) is 141 Å². The third-order valence-corrected chi connectivity index (χ3v) is 24.2. The highest BCUT2D eigenvalue weighted by Gasteiger charge is 2.26. The summed E-state index contributed by atoms with van der Waals surface area (Å²) in [5.41, 5.74) is 29.3. The van der Waals surface area contributed by atoms with E-state index in [-0.39, 0.29) is 0 Å². The fraction of sp³-hybridized carbons (Fsp3) is 0. The number of benzene rings is 16. The van der Waals surface area contributed by atoms with E-state index >= 15 is 0 Å². The molecule has 14 heteroatoms. The average Bonchev–Trinajstić information content (AvgIpc) is 1.56. The standard InChI is InChI=1S/C64H34N8.C50H28N6/c1-68-51-23-15-44(16-24-51)47-20-28-55-54-27-19-46(42-11-7-40(36-65)8-12-42)31-59(54)71(60(55)32-47)63-39-70-64(35-58(63)53-6-4-3-5-50(53)38-67)72-61-33-48(43-13-9-41(37-66)10-14-43)21-29-56(61)57-30-22-49(34-62(57)72)45-17-25-52(69-2)26-18-45;1-52-37-23-19-34(20-24-37)36-22-26-48-42(28-36)40-11-5-8-14-46(40)56(48)50-29-43(38-9-3-6-12-44(38)53-2)49(31-54-50)55-45-13-7-4-10-39(45)41-27-35(21-25-47(41)55)33-17-15-32(30-51)16-18-33/h3-35,39H;3-29,31H. The highest BCUT2D eigenvalue weighted by Crippen LogP contribution is 2.47. The number of fused-ring (bicyclic) bond motifs is 12. The van der Waals surface area contributed by atoms with Crippen LogP contribution in [0.2, 0.25) is 0 Å². The quantitative estimate of drug-likeness (QED) is 0.111. The first-order valence-electron chi connectivity index (χ1n) is 41.2. The Labute approximate surface area is 735 Å². The minimum absolute atomic E-state index is 0.506. The zero-order valence-electron chi connectivity index (χ0n) is 68.1. The van der Waals surface area contributed by atoms with Crippen LogP contribution in [0.1, 0.15) is 22.3 Å². The molecule has 0 saturated heterocycles. The summed E-state index contributed by atoms with van der Waals surface area (Å²) in [7, 11) is 0. The second kappa shape index (κ2) is 31.8. The Morgan fingerprint density at radius 2 is 0.508 bits per heavy atom. The van der Waals surface area contributed by atoms with E-state index in [2.05, 4.69) is 232 Å². The first kappa shape index (κ1) is 76.3. The van der Waals surface area contributed by atoms with Crippen LogP contribution in [0, 0.1) is 71.6 Å². The normalized spacial score (nSPS) is 11.1. The van der Waals surface area contributed by atoms with Gasteiger partial charge in [-0.3, -0.25) is 9.13 Å². The molecule has 22 aromatic rings. The predicted octanol–water partition coefficient (Wildman–Crippen LogP) is 29.6. The molecule has 22 rings (SSSR count). The van der Waals surface area contributed by atoms with Crippen LogP contribution in [0.15, 0.2) is 376 Å².